The van der Waals surface area contributed by atoms with E-state index in [1.807, 2.05) is 6.08 Å². The van der Waals surface area contributed by atoms with Crippen LogP contribution in [0.2, 0.25) is 0 Å². The molecule has 1 aliphatic carbocycles. The monoisotopic (exact) mass is 253 g/mol. The molecule has 0 aliphatic heterocycles. The average Bonchev–Trinajstić information content (AvgIpc) is 2.86. The molecule has 0 radical (unpaired) electrons. The molecule has 0 aromatic carbocycles. The SMILES string of the molecule is C=CCNC(=NC)NCC1(CCOC)CCCC1. The van der Waals surface area contributed by atoms with E-state index in [0.717, 1.165) is 32.1 Å². The molecule has 0 aromatic rings. The van der Waals surface area contributed by atoms with Gasteiger partial charge in [0, 0.05) is 33.9 Å². The minimum Gasteiger partial charge on any atom is -0.385 e. The van der Waals surface area contributed by atoms with Gasteiger partial charge in [-0.2, -0.15) is 0 Å². The van der Waals surface area contributed by atoms with Crippen molar-refractivity contribution in [3.05, 3.63) is 12.7 Å². The Labute approximate surface area is 111 Å². The first-order valence-electron chi connectivity index (χ1n) is 6.81. The van der Waals surface area contributed by atoms with Crippen LogP contribution in [-0.4, -0.2) is 39.8 Å². The normalized spacial score (nSPS) is 18.7. The summed E-state index contributed by atoms with van der Waals surface area (Å²) in [6.45, 7) is 6.26. The molecule has 1 fully saturated rings. The largest absolute Gasteiger partial charge is 0.385 e. The zero-order chi connectivity index (χ0) is 13.3. The summed E-state index contributed by atoms with van der Waals surface area (Å²) in [5.74, 6) is 0.860. The molecule has 0 heterocycles. The number of guanidine groups is 1. The van der Waals surface area contributed by atoms with Gasteiger partial charge in [0.1, 0.15) is 0 Å². The third-order valence-corrected chi connectivity index (χ3v) is 3.77. The molecule has 104 valence electrons. The number of rotatable bonds is 7. The van der Waals surface area contributed by atoms with Crippen LogP contribution in [0, 0.1) is 5.41 Å². The smallest absolute Gasteiger partial charge is 0.191 e. The van der Waals surface area contributed by atoms with Crippen molar-refractivity contribution in [1.82, 2.24) is 10.6 Å². The van der Waals surface area contributed by atoms with Crippen LogP contribution in [0.5, 0.6) is 0 Å². The number of nitrogens with zero attached hydrogens (tertiary/aromatic N) is 1. The number of hydrogen-bond acceptors (Lipinski definition) is 2. The lowest BCUT2D eigenvalue weighted by molar-refractivity contribution is 0.138. The van der Waals surface area contributed by atoms with Crippen LogP contribution < -0.4 is 10.6 Å². The topological polar surface area (TPSA) is 45.7 Å². The highest BCUT2D eigenvalue weighted by atomic mass is 16.5. The number of aliphatic imine (C=N–C) groups is 1. The van der Waals surface area contributed by atoms with Gasteiger partial charge in [0.05, 0.1) is 0 Å². The van der Waals surface area contributed by atoms with E-state index < -0.39 is 0 Å². The van der Waals surface area contributed by atoms with Gasteiger partial charge in [-0.1, -0.05) is 18.9 Å². The summed E-state index contributed by atoms with van der Waals surface area (Å²) in [6, 6.07) is 0. The minimum atomic E-state index is 0.391. The fourth-order valence-electron chi connectivity index (χ4n) is 2.62. The second kappa shape index (κ2) is 8.14. The van der Waals surface area contributed by atoms with Crippen LogP contribution >= 0.6 is 0 Å². The van der Waals surface area contributed by atoms with Gasteiger partial charge < -0.3 is 15.4 Å². The molecular formula is C14H27N3O. The van der Waals surface area contributed by atoms with Crippen LogP contribution in [0.15, 0.2) is 17.6 Å². The van der Waals surface area contributed by atoms with Crippen LogP contribution in [-0.2, 0) is 4.74 Å². The molecule has 0 bridgehead atoms. The molecule has 1 aliphatic rings. The fraction of sp³-hybridized carbons (Fsp3) is 0.786. The summed E-state index contributed by atoms with van der Waals surface area (Å²) in [4.78, 5) is 4.21. The van der Waals surface area contributed by atoms with Gasteiger partial charge in [-0.05, 0) is 24.7 Å². The summed E-state index contributed by atoms with van der Waals surface area (Å²) < 4.78 is 5.24. The van der Waals surface area contributed by atoms with Crippen LogP contribution in [0.1, 0.15) is 32.1 Å². The van der Waals surface area contributed by atoms with E-state index in [0.29, 0.717) is 5.41 Å². The second-order valence-corrected chi connectivity index (χ2v) is 5.05. The third-order valence-electron chi connectivity index (χ3n) is 3.77. The van der Waals surface area contributed by atoms with Gasteiger partial charge in [0.15, 0.2) is 5.96 Å². The fourth-order valence-corrected chi connectivity index (χ4v) is 2.62. The second-order valence-electron chi connectivity index (χ2n) is 5.05. The minimum absolute atomic E-state index is 0.391. The Morgan fingerprint density at radius 1 is 1.39 bits per heavy atom. The zero-order valence-corrected chi connectivity index (χ0v) is 11.8. The predicted molar refractivity (Wildman–Crippen MR) is 77.0 cm³/mol. The zero-order valence-electron chi connectivity index (χ0n) is 11.8. The Hall–Kier alpha value is -1.03. The molecule has 4 nitrogen and oxygen atoms in total. The summed E-state index contributed by atoms with van der Waals surface area (Å²) in [5, 5.41) is 6.64. The van der Waals surface area contributed by atoms with Gasteiger partial charge in [0.2, 0.25) is 0 Å². The van der Waals surface area contributed by atoms with Crippen molar-refractivity contribution in [2.75, 3.05) is 33.9 Å². The summed E-state index contributed by atoms with van der Waals surface area (Å²) in [7, 11) is 3.58. The molecule has 1 saturated carbocycles. The molecule has 1 rings (SSSR count). The molecule has 0 unspecified atom stereocenters. The lowest BCUT2D eigenvalue weighted by Crippen LogP contribution is -2.43. The van der Waals surface area contributed by atoms with Gasteiger partial charge in [-0.25, -0.2) is 0 Å². The summed E-state index contributed by atoms with van der Waals surface area (Å²) in [5.41, 5.74) is 0.391. The van der Waals surface area contributed by atoms with Crippen LogP contribution in [0.3, 0.4) is 0 Å². The predicted octanol–water partition coefficient (Wildman–Crippen LogP) is 1.93. The first-order valence-corrected chi connectivity index (χ1v) is 6.81. The summed E-state index contributed by atoms with van der Waals surface area (Å²) in [6.07, 6.45) is 8.23. The van der Waals surface area contributed by atoms with Gasteiger partial charge in [0.25, 0.3) is 0 Å². The first-order chi connectivity index (χ1) is 8.76. The van der Waals surface area contributed by atoms with E-state index in [1.165, 1.54) is 25.7 Å². The molecule has 0 spiro atoms. The number of methoxy groups -OCH3 is 1. The van der Waals surface area contributed by atoms with Gasteiger partial charge in [-0.3, -0.25) is 4.99 Å². The van der Waals surface area contributed by atoms with Crippen molar-refractivity contribution >= 4 is 5.96 Å². The Morgan fingerprint density at radius 3 is 2.67 bits per heavy atom. The Kier molecular flexibility index (Phi) is 6.80. The maximum Gasteiger partial charge on any atom is 0.191 e. The van der Waals surface area contributed by atoms with Crippen molar-refractivity contribution in [2.45, 2.75) is 32.1 Å². The standard InChI is InChI=1S/C14H27N3O/c1-4-10-16-13(15-2)17-12-14(9-11-18-3)7-5-6-8-14/h4H,1,5-12H2,2-3H3,(H2,15,16,17). The average molecular weight is 253 g/mol. The van der Waals surface area contributed by atoms with E-state index in [1.54, 1.807) is 14.2 Å². The Morgan fingerprint density at radius 2 is 2.11 bits per heavy atom. The lowest BCUT2D eigenvalue weighted by atomic mass is 9.83. The van der Waals surface area contributed by atoms with Crippen molar-refractivity contribution in [2.24, 2.45) is 10.4 Å². The molecule has 4 heteroatoms. The van der Waals surface area contributed by atoms with E-state index in [-0.39, 0.29) is 0 Å². The summed E-state index contributed by atoms with van der Waals surface area (Å²) >= 11 is 0. The molecule has 18 heavy (non-hydrogen) atoms. The molecular weight excluding hydrogens is 226 g/mol. The molecule has 0 saturated heterocycles. The molecule has 0 amide bonds. The van der Waals surface area contributed by atoms with E-state index in [9.17, 15) is 0 Å². The molecule has 0 atom stereocenters. The van der Waals surface area contributed by atoms with Crippen LogP contribution in [0.25, 0.3) is 0 Å². The molecule has 0 aromatic heterocycles. The van der Waals surface area contributed by atoms with Crippen LogP contribution in [0.4, 0.5) is 0 Å². The van der Waals surface area contributed by atoms with E-state index in [4.69, 9.17) is 4.74 Å². The Bertz CT molecular complexity index is 270. The quantitative estimate of drug-likeness (QED) is 0.414. The van der Waals surface area contributed by atoms with Crippen molar-refractivity contribution in [3.63, 3.8) is 0 Å². The molecule has 2 N–H and O–H groups in total. The van der Waals surface area contributed by atoms with Crippen molar-refractivity contribution in [3.8, 4) is 0 Å². The lowest BCUT2D eigenvalue weighted by Gasteiger charge is -2.29. The maximum atomic E-state index is 5.24. The number of ether oxygens (including phenoxy) is 1. The van der Waals surface area contributed by atoms with Gasteiger partial charge in [-0.15, -0.1) is 6.58 Å². The first kappa shape index (κ1) is 15.0. The highest BCUT2D eigenvalue weighted by Crippen LogP contribution is 2.40. The third kappa shape index (κ3) is 4.69. The highest BCUT2D eigenvalue weighted by molar-refractivity contribution is 5.79. The van der Waals surface area contributed by atoms with Crippen molar-refractivity contribution in [1.29, 1.82) is 0 Å². The maximum absolute atomic E-state index is 5.24. The number of hydrogen-bond donors (Lipinski definition) is 2. The number of nitrogens with one attached hydrogen (secondary N) is 2. The van der Waals surface area contributed by atoms with Gasteiger partial charge >= 0.3 is 0 Å². The Balaban J connectivity index is 2.43. The van der Waals surface area contributed by atoms with Crippen molar-refractivity contribution < 1.29 is 4.74 Å². The van der Waals surface area contributed by atoms with E-state index >= 15 is 0 Å². The highest BCUT2D eigenvalue weighted by Gasteiger charge is 2.33. The van der Waals surface area contributed by atoms with E-state index in [2.05, 4.69) is 22.2 Å².